The van der Waals surface area contributed by atoms with Crippen molar-refractivity contribution in [3.63, 3.8) is 0 Å². The molecule has 0 bridgehead atoms. The zero-order valence-corrected chi connectivity index (χ0v) is 12.6. The molecule has 3 rings (SSSR count). The number of amides is 1. The van der Waals surface area contributed by atoms with E-state index in [4.69, 9.17) is 11.1 Å². The van der Waals surface area contributed by atoms with Crippen LogP contribution in [0.1, 0.15) is 10.4 Å². The molecular weight excluding hydrogens is 294 g/mol. The Kier molecular flexibility index (Phi) is 3.89. The highest BCUT2D eigenvalue weighted by Crippen LogP contribution is 2.27. The van der Waals surface area contributed by atoms with Crippen molar-refractivity contribution in [2.24, 2.45) is 5.73 Å². The summed E-state index contributed by atoms with van der Waals surface area (Å²) in [6.45, 7) is 0. The van der Waals surface area contributed by atoms with Crippen LogP contribution in [-0.4, -0.2) is 11.7 Å². The third-order valence-electron chi connectivity index (χ3n) is 3.27. The second-order valence-electron chi connectivity index (χ2n) is 4.99. The number of thiophene rings is 1. The number of hydrogen-bond donors (Lipinski definition) is 3. The molecule has 1 amide bonds. The highest BCUT2D eigenvalue weighted by Gasteiger charge is 2.07. The fourth-order valence-corrected chi connectivity index (χ4v) is 3.14. The van der Waals surface area contributed by atoms with E-state index in [9.17, 15) is 4.79 Å². The molecule has 0 aliphatic rings. The van der Waals surface area contributed by atoms with Gasteiger partial charge in [0, 0.05) is 10.4 Å². The fourth-order valence-electron chi connectivity index (χ4n) is 2.24. The Morgan fingerprint density at radius 3 is 2.64 bits per heavy atom. The first-order valence-electron chi connectivity index (χ1n) is 6.83. The molecule has 0 unspecified atom stereocenters. The highest BCUT2D eigenvalue weighted by molar-refractivity contribution is 7.20. The van der Waals surface area contributed by atoms with E-state index in [1.807, 2.05) is 54.6 Å². The number of nitrogens with one attached hydrogen (secondary N) is 2. The first-order valence-corrected chi connectivity index (χ1v) is 7.65. The van der Waals surface area contributed by atoms with E-state index < -0.39 is 0 Å². The Labute approximate surface area is 132 Å². The Morgan fingerprint density at radius 2 is 1.91 bits per heavy atom. The minimum absolute atomic E-state index is 0.0485. The number of carbonyl (C=O) groups is 1. The fraction of sp³-hybridized carbons (Fsp3) is 0.0588. The molecule has 4 N–H and O–H groups in total. The lowest BCUT2D eigenvalue weighted by molar-refractivity contribution is -0.115. The van der Waals surface area contributed by atoms with Crippen LogP contribution < -0.4 is 11.1 Å². The Balaban J connectivity index is 1.76. The van der Waals surface area contributed by atoms with Crippen molar-refractivity contribution in [3.8, 4) is 0 Å². The van der Waals surface area contributed by atoms with Crippen molar-refractivity contribution >= 4 is 38.9 Å². The smallest absolute Gasteiger partial charge is 0.228 e. The Hall–Kier alpha value is -2.66. The van der Waals surface area contributed by atoms with Crippen LogP contribution in [0.3, 0.4) is 0 Å². The van der Waals surface area contributed by atoms with Gasteiger partial charge in [0.1, 0.15) is 5.84 Å². The molecule has 4 nitrogen and oxygen atoms in total. The molecule has 22 heavy (non-hydrogen) atoms. The largest absolute Gasteiger partial charge is 0.383 e. The SMILES string of the molecule is N=C(N)c1cc2cc(NC(=O)Cc3ccccc3)ccc2s1. The lowest BCUT2D eigenvalue weighted by Gasteiger charge is -2.05. The number of fused-ring (bicyclic) bond motifs is 1. The van der Waals surface area contributed by atoms with Gasteiger partial charge in [0.25, 0.3) is 0 Å². The van der Waals surface area contributed by atoms with Gasteiger partial charge in [0.15, 0.2) is 0 Å². The lowest BCUT2D eigenvalue weighted by Crippen LogP contribution is -2.14. The van der Waals surface area contributed by atoms with Crippen molar-refractivity contribution < 1.29 is 4.79 Å². The summed E-state index contributed by atoms with van der Waals surface area (Å²) in [6, 6.07) is 17.2. The van der Waals surface area contributed by atoms with Gasteiger partial charge in [-0.2, -0.15) is 0 Å². The predicted molar refractivity (Wildman–Crippen MR) is 91.6 cm³/mol. The second-order valence-corrected chi connectivity index (χ2v) is 6.07. The third kappa shape index (κ3) is 3.15. The Morgan fingerprint density at radius 1 is 1.14 bits per heavy atom. The number of rotatable bonds is 4. The van der Waals surface area contributed by atoms with Crippen LogP contribution in [-0.2, 0) is 11.2 Å². The van der Waals surface area contributed by atoms with Crippen molar-refractivity contribution in [2.75, 3.05) is 5.32 Å². The van der Waals surface area contributed by atoms with E-state index in [-0.39, 0.29) is 11.7 Å². The summed E-state index contributed by atoms with van der Waals surface area (Å²) >= 11 is 1.47. The van der Waals surface area contributed by atoms with Gasteiger partial charge in [-0.1, -0.05) is 30.3 Å². The number of nitrogens with two attached hydrogens (primary N) is 1. The highest BCUT2D eigenvalue weighted by atomic mass is 32.1. The van der Waals surface area contributed by atoms with Crippen molar-refractivity contribution in [1.82, 2.24) is 0 Å². The van der Waals surface area contributed by atoms with Gasteiger partial charge in [-0.05, 0) is 35.2 Å². The maximum absolute atomic E-state index is 12.1. The molecule has 0 radical (unpaired) electrons. The van der Waals surface area contributed by atoms with Crippen LogP contribution in [0, 0.1) is 5.41 Å². The number of carbonyl (C=O) groups excluding carboxylic acids is 1. The molecule has 0 atom stereocenters. The maximum atomic E-state index is 12.1. The van der Waals surface area contributed by atoms with Crippen LogP contribution in [0.2, 0.25) is 0 Å². The molecule has 0 fully saturated rings. The lowest BCUT2D eigenvalue weighted by atomic mass is 10.1. The van der Waals surface area contributed by atoms with Crippen molar-refractivity contribution in [2.45, 2.75) is 6.42 Å². The summed E-state index contributed by atoms with van der Waals surface area (Å²) in [7, 11) is 0. The van der Waals surface area contributed by atoms with Crippen molar-refractivity contribution in [3.05, 3.63) is 65.0 Å². The molecule has 0 aliphatic heterocycles. The Bertz CT molecular complexity index is 839. The standard InChI is InChI=1S/C17H15N3OS/c18-17(19)15-10-12-9-13(6-7-14(12)22-15)20-16(21)8-11-4-2-1-3-5-11/h1-7,9-10H,8H2,(H3,18,19)(H,20,21). The summed E-state index contributed by atoms with van der Waals surface area (Å²) in [6.07, 6.45) is 0.348. The van der Waals surface area contributed by atoms with Gasteiger partial charge in [-0.25, -0.2) is 0 Å². The monoisotopic (exact) mass is 309 g/mol. The minimum atomic E-state index is -0.0485. The summed E-state index contributed by atoms with van der Waals surface area (Å²) in [5.41, 5.74) is 7.24. The van der Waals surface area contributed by atoms with E-state index in [0.29, 0.717) is 6.42 Å². The number of amidine groups is 1. The quantitative estimate of drug-likeness (QED) is 0.510. The second kappa shape index (κ2) is 5.99. The number of nitrogen functional groups attached to an aromatic ring is 1. The molecule has 2 aromatic carbocycles. The van der Waals surface area contributed by atoms with Gasteiger partial charge in [0.2, 0.25) is 5.91 Å². The number of hydrogen-bond acceptors (Lipinski definition) is 3. The molecule has 0 saturated heterocycles. The van der Waals surface area contributed by atoms with E-state index in [2.05, 4.69) is 5.32 Å². The summed E-state index contributed by atoms with van der Waals surface area (Å²) < 4.78 is 1.05. The normalized spacial score (nSPS) is 10.5. The first-order chi connectivity index (χ1) is 10.6. The van der Waals surface area contributed by atoms with E-state index in [1.54, 1.807) is 0 Å². The molecule has 0 aliphatic carbocycles. The van der Waals surface area contributed by atoms with E-state index in [1.165, 1.54) is 11.3 Å². The third-order valence-corrected chi connectivity index (χ3v) is 4.42. The molecule has 110 valence electrons. The molecule has 0 spiro atoms. The average molecular weight is 309 g/mol. The minimum Gasteiger partial charge on any atom is -0.383 e. The van der Waals surface area contributed by atoms with Gasteiger partial charge >= 0.3 is 0 Å². The topological polar surface area (TPSA) is 79.0 Å². The van der Waals surface area contributed by atoms with Crippen LogP contribution in [0.4, 0.5) is 5.69 Å². The van der Waals surface area contributed by atoms with Gasteiger partial charge in [-0.3, -0.25) is 10.2 Å². The number of anilines is 1. The molecular formula is C17H15N3OS. The van der Waals surface area contributed by atoms with Crippen LogP contribution in [0.5, 0.6) is 0 Å². The molecule has 1 heterocycles. The van der Waals surface area contributed by atoms with Gasteiger partial charge < -0.3 is 11.1 Å². The molecule has 1 aromatic heterocycles. The summed E-state index contributed by atoms with van der Waals surface area (Å²) in [4.78, 5) is 12.8. The predicted octanol–water partition coefficient (Wildman–Crippen LogP) is 3.37. The average Bonchev–Trinajstić information content (AvgIpc) is 2.91. The molecule has 3 aromatic rings. The summed E-state index contributed by atoms with van der Waals surface area (Å²) in [5.74, 6) is 0.0171. The van der Waals surface area contributed by atoms with Gasteiger partial charge in [0.05, 0.1) is 11.3 Å². The summed E-state index contributed by atoms with van der Waals surface area (Å²) in [5, 5.41) is 11.4. The molecule has 0 saturated carbocycles. The van der Waals surface area contributed by atoms with Crippen LogP contribution in [0.15, 0.2) is 54.6 Å². The zero-order chi connectivity index (χ0) is 15.5. The van der Waals surface area contributed by atoms with Crippen LogP contribution >= 0.6 is 11.3 Å². The van der Waals surface area contributed by atoms with Crippen molar-refractivity contribution in [1.29, 1.82) is 5.41 Å². The number of benzene rings is 2. The van der Waals surface area contributed by atoms with E-state index in [0.717, 1.165) is 26.2 Å². The van der Waals surface area contributed by atoms with Crippen LogP contribution in [0.25, 0.3) is 10.1 Å². The maximum Gasteiger partial charge on any atom is 0.228 e. The zero-order valence-electron chi connectivity index (χ0n) is 11.8. The molecule has 5 heteroatoms. The van der Waals surface area contributed by atoms with E-state index >= 15 is 0 Å². The first kappa shape index (κ1) is 14.3. The van der Waals surface area contributed by atoms with Gasteiger partial charge in [-0.15, -0.1) is 11.3 Å².